The fourth-order valence-electron chi connectivity index (χ4n) is 7.05. The highest BCUT2D eigenvalue weighted by Crippen LogP contribution is 2.21. The van der Waals surface area contributed by atoms with E-state index in [1.807, 2.05) is 0 Å². The summed E-state index contributed by atoms with van der Waals surface area (Å²) < 4.78 is 2.53. The third-order valence-electron chi connectivity index (χ3n) is 10.2. The summed E-state index contributed by atoms with van der Waals surface area (Å²) in [6.45, 7) is 6.83. The van der Waals surface area contributed by atoms with Crippen molar-refractivity contribution in [3.63, 3.8) is 0 Å². The monoisotopic (exact) mass is 613 g/mol. The fourth-order valence-corrected chi connectivity index (χ4v) is 7.05. The lowest BCUT2D eigenvalue weighted by Crippen LogP contribution is -2.38. The summed E-state index contributed by atoms with van der Waals surface area (Å²) in [5.41, 5.74) is 1.38. The van der Waals surface area contributed by atoms with E-state index in [0.29, 0.717) is 6.04 Å². The first-order valence-corrected chi connectivity index (χ1v) is 20.7. The van der Waals surface area contributed by atoms with Crippen molar-refractivity contribution >= 4 is 0 Å². The van der Waals surface area contributed by atoms with Gasteiger partial charge in [-0.05, 0) is 25.3 Å². The SMILES string of the molecule is CCCCCCCCCCCCCCCCCCC(CCCCCCCCCCCCCCCCCC)[n+]1ccc(C)cc1. The van der Waals surface area contributed by atoms with Crippen molar-refractivity contribution in [2.45, 2.75) is 245 Å². The zero-order valence-electron chi connectivity index (χ0n) is 30.9. The lowest BCUT2D eigenvalue weighted by atomic mass is 9.99. The number of aryl methyl sites for hydroxylation is 1. The Kier molecular flexibility index (Phi) is 31.4. The van der Waals surface area contributed by atoms with Gasteiger partial charge in [0.1, 0.15) is 0 Å². The summed E-state index contributed by atoms with van der Waals surface area (Å²) >= 11 is 0. The van der Waals surface area contributed by atoms with E-state index in [9.17, 15) is 0 Å². The van der Waals surface area contributed by atoms with Crippen LogP contribution >= 0.6 is 0 Å². The van der Waals surface area contributed by atoms with Gasteiger partial charge in [-0.15, -0.1) is 0 Å². The van der Waals surface area contributed by atoms with E-state index in [0.717, 1.165) is 0 Å². The molecule has 0 saturated heterocycles. The van der Waals surface area contributed by atoms with Gasteiger partial charge >= 0.3 is 0 Å². The van der Waals surface area contributed by atoms with Crippen molar-refractivity contribution < 1.29 is 4.57 Å². The molecule has 0 spiro atoms. The first-order chi connectivity index (χ1) is 21.8. The topological polar surface area (TPSA) is 3.88 Å². The number of nitrogens with zero attached hydrogens (tertiary/aromatic N) is 1. The highest BCUT2D eigenvalue weighted by molar-refractivity contribution is 5.03. The van der Waals surface area contributed by atoms with Crippen LogP contribution in [0.4, 0.5) is 0 Å². The molecular weight excluding hydrogens is 530 g/mol. The normalized spacial score (nSPS) is 11.6. The third-order valence-corrected chi connectivity index (χ3v) is 10.2. The molecule has 1 heteroatoms. The Balaban J connectivity index is 2.01. The molecule has 1 rings (SSSR count). The molecule has 0 saturated carbocycles. The van der Waals surface area contributed by atoms with Crippen LogP contribution < -0.4 is 4.57 Å². The summed E-state index contributed by atoms with van der Waals surface area (Å²) in [5.74, 6) is 0. The van der Waals surface area contributed by atoms with Gasteiger partial charge in [0.05, 0.1) is 0 Å². The van der Waals surface area contributed by atoms with Gasteiger partial charge in [0.2, 0.25) is 0 Å². The Morgan fingerprint density at radius 1 is 0.364 bits per heavy atom. The van der Waals surface area contributed by atoms with Gasteiger partial charge < -0.3 is 0 Å². The maximum absolute atomic E-state index is 2.53. The average molecular weight is 613 g/mol. The molecule has 258 valence electrons. The van der Waals surface area contributed by atoms with Crippen LogP contribution in [0.25, 0.3) is 0 Å². The van der Waals surface area contributed by atoms with Gasteiger partial charge in [-0.1, -0.05) is 206 Å². The Morgan fingerprint density at radius 3 is 0.841 bits per heavy atom. The van der Waals surface area contributed by atoms with Crippen molar-refractivity contribution in [1.82, 2.24) is 0 Å². The molecule has 44 heavy (non-hydrogen) atoms. The number of aromatic nitrogens is 1. The minimum Gasteiger partial charge on any atom is -0.202 e. The Hall–Kier alpha value is -0.850. The van der Waals surface area contributed by atoms with Gasteiger partial charge in [0.25, 0.3) is 0 Å². The Morgan fingerprint density at radius 2 is 0.591 bits per heavy atom. The van der Waals surface area contributed by atoms with E-state index < -0.39 is 0 Å². The lowest BCUT2D eigenvalue weighted by Gasteiger charge is -2.13. The lowest BCUT2D eigenvalue weighted by molar-refractivity contribution is -0.724. The largest absolute Gasteiger partial charge is 0.202 e. The van der Waals surface area contributed by atoms with Crippen molar-refractivity contribution in [2.24, 2.45) is 0 Å². The second kappa shape index (κ2) is 33.5. The van der Waals surface area contributed by atoms with E-state index in [1.165, 1.54) is 224 Å². The molecule has 0 aliphatic rings. The van der Waals surface area contributed by atoms with Crippen LogP contribution in [0.1, 0.15) is 244 Å². The predicted octanol–water partition coefficient (Wildman–Crippen LogP) is 15.1. The van der Waals surface area contributed by atoms with Crippen molar-refractivity contribution in [1.29, 1.82) is 0 Å². The molecule has 0 aliphatic carbocycles. The second-order valence-electron chi connectivity index (χ2n) is 14.7. The van der Waals surface area contributed by atoms with Gasteiger partial charge in [-0.2, -0.15) is 0 Å². The molecule has 1 heterocycles. The summed E-state index contributed by atoms with van der Waals surface area (Å²) in [4.78, 5) is 0. The molecule has 0 bridgehead atoms. The average Bonchev–Trinajstić information content (AvgIpc) is 3.03. The molecule has 0 unspecified atom stereocenters. The zero-order chi connectivity index (χ0) is 31.6. The van der Waals surface area contributed by atoms with Crippen molar-refractivity contribution in [3.8, 4) is 0 Å². The molecule has 0 atom stereocenters. The minimum absolute atomic E-state index is 0.703. The third kappa shape index (κ3) is 27.5. The standard InChI is InChI=1S/C43H82N/c1-4-6-8-10-12-14-16-18-20-22-24-26-28-30-32-34-36-43(44-40-38-42(3)39-41-44)37-35-33-31-29-27-25-23-21-19-17-15-13-11-9-7-5-2/h38-41,43H,4-37H2,1-3H3/q+1. The van der Waals surface area contributed by atoms with E-state index >= 15 is 0 Å². The number of unbranched alkanes of at least 4 members (excludes halogenated alkanes) is 30. The highest BCUT2D eigenvalue weighted by atomic mass is 15.0. The predicted molar refractivity (Wildman–Crippen MR) is 199 cm³/mol. The number of pyridine rings is 1. The first-order valence-electron chi connectivity index (χ1n) is 20.7. The van der Waals surface area contributed by atoms with Gasteiger partial charge in [0, 0.05) is 25.0 Å². The molecule has 1 aromatic rings. The zero-order valence-corrected chi connectivity index (χ0v) is 30.9. The quantitative estimate of drug-likeness (QED) is 0.0530. The fraction of sp³-hybridized carbons (Fsp3) is 0.884. The van der Waals surface area contributed by atoms with Crippen LogP contribution in [-0.4, -0.2) is 0 Å². The van der Waals surface area contributed by atoms with Crippen molar-refractivity contribution in [2.75, 3.05) is 0 Å². The smallest absolute Gasteiger partial charge is 0.169 e. The van der Waals surface area contributed by atoms with Gasteiger partial charge in [-0.3, -0.25) is 0 Å². The Labute approximate surface area is 279 Å². The molecule has 0 N–H and O–H groups in total. The van der Waals surface area contributed by atoms with Crippen LogP contribution in [0, 0.1) is 6.92 Å². The molecule has 0 fully saturated rings. The molecule has 0 aliphatic heterocycles. The van der Waals surface area contributed by atoms with Crippen LogP contribution in [0.2, 0.25) is 0 Å². The highest BCUT2D eigenvalue weighted by Gasteiger charge is 2.17. The first kappa shape index (κ1) is 41.2. The van der Waals surface area contributed by atoms with E-state index in [4.69, 9.17) is 0 Å². The van der Waals surface area contributed by atoms with Crippen LogP contribution in [0.3, 0.4) is 0 Å². The van der Waals surface area contributed by atoms with E-state index in [-0.39, 0.29) is 0 Å². The number of hydrogen-bond donors (Lipinski definition) is 0. The molecule has 0 amide bonds. The summed E-state index contributed by atoms with van der Waals surface area (Å²) in [5, 5.41) is 0. The second-order valence-corrected chi connectivity index (χ2v) is 14.7. The van der Waals surface area contributed by atoms with Crippen LogP contribution in [-0.2, 0) is 0 Å². The van der Waals surface area contributed by atoms with Crippen molar-refractivity contribution in [3.05, 3.63) is 30.1 Å². The summed E-state index contributed by atoms with van der Waals surface area (Å²) in [6, 6.07) is 5.30. The molecule has 0 radical (unpaired) electrons. The molecule has 0 aromatic carbocycles. The minimum atomic E-state index is 0.703. The Bertz CT molecular complexity index is 628. The maximum Gasteiger partial charge on any atom is 0.169 e. The molecule has 1 aromatic heterocycles. The van der Waals surface area contributed by atoms with Crippen LogP contribution in [0.15, 0.2) is 24.5 Å². The summed E-state index contributed by atoms with van der Waals surface area (Å²) in [7, 11) is 0. The number of rotatable bonds is 35. The summed E-state index contributed by atoms with van der Waals surface area (Å²) in [6.07, 6.45) is 54.0. The van der Waals surface area contributed by atoms with Gasteiger partial charge in [0.15, 0.2) is 18.4 Å². The van der Waals surface area contributed by atoms with E-state index in [2.05, 4.69) is 49.9 Å². The van der Waals surface area contributed by atoms with E-state index in [1.54, 1.807) is 0 Å². The molecule has 1 nitrogen and oxygen atoms in total. The van der Waals surface area contributed by atoms with Crippen LogP contribution in [0.5, 0.6) is 0 Å². The maximum atomic E-state index is 2.53. The number of hydrogen-bond acceptors (Lipinski definition) is 0. The molecular formula is C43H82N+. The van der Waals surface area contributed by atoms with Gasteiger partial charge in [-0.25, -0.2) is 4.57 Å².